The molecular weight excluding hydrogens is 114 g/mol. The van der Waals surface area contributed by atoms with Gasteiger partial charge in [0.15, 0.2) is 0 Å². The molecule has 0 atom stereocenters. The normalized spacial score (nSPS) is 9.11. The maximum Gasteiger partial charge on any atom is 0.0538 e. The van der Waals surface area contributed by atoms with Crippen molar-refractivity contribution in [2.75, 3.05) is 24.8 Å². The van der Waals surface area contributed by atoms with Gasteiger partial charge in [0.25, 0.3) is 0 Å². The third kappa shape index (κ3) is 1.16. The highest BCUT2D eigenvalue weighted by molar-refractivity contribution is 5.40. The second-order valence-electron chi connectivity index (χ2n) is 1.78. The van der Waals surface area contributed by atoms with Crippen LogP contribution in [0.5, 0.6) is 0 Å². The van der Waals surface area contributed by atoms with Crippen LogP contribution in [0.25, 0.3) is 0 Å². The van der Waals surface area contributed by atoms with Crippen molar-refractivity contribution in [3.05, 3.63) is 18.5 Å². The third-order valence-electron chi connectivity index (χ3n) is 1.24. The van der Waals surface area contributed by atoms with Crippen molar-refractivity contribution in [3.63, 3.8) is 0 Å². The molecule has 1 heterocycles. The zero-order valence-electron chi connectivity index (χ0n) is 5.68. The van der Waals surface area contributed by atoms with E-state index >= 15 is 0 Å². The molecular formula is C6H11N3. The molecule has 2 N–H and O–H groups in total. The quantitative estimate of drug-likeness (QED) is 0.609. The highest BCUT2D eigenvalue weighted by atomic mass is 15.4. The fourth-order valence-corrected chi connectivity index (χ4v) is 0.683. The Kier molecular flexibility index (Phi) is 1.63. The van der Waals surface area contributed by atoms with E-state index in [2.05, 4.69) is 10.7 Å². The van der Waals surface area contributed by atoms with Crippen molar-refractivity contribution in [2.45, 2.75) is 0 Å². The average molecular weight is 125 g/mol. The molecule has 0 radical (unpaired) electrons. The van der Waals surface area contributed by atoms with Crippen molar-refractivity contribution < 1.29 is 0 Å². The van der Waals surface area contributed by atoms with Crippen LogP contribution in [0.1, 0.15) is 0 Å². The summed E-state index contributed by atoms with van der Waals surface area (Å²) in [5, 5.41) is 3.02. The van der Waals surface area contributed by atoms with Gasteiger partial charge in [-0.05, 0) is 6.07 Å². The first kappa shape index (κ1) is 6.01. The lowest BCUT2D eigenvalue weighted by molar-refractivity contribution is 0.938. The molecule has 1 aromatic heterocycles. The summed E-state index contributed by atoms with van der Waals surface area (Å²) in [4.78, 5) is 0. The summed E-state index contributed by atoms with van der Waals surface area (Å²) in [6.45, 7) is 0. The summed E-state index contributed by atoms with van der Waals surface area (Å²) < 4.78 is 1.88. The van der Waals surface area contributed by atoms with Gasteiger partial charge in [0.05, 0.1) is 5.69 Å². The van der Waals surface area contributed by atoms with E-state index in [-0.39, 0.29) is 0 Å². The summed E-state index contributed by atoms with van der Waals surface area (Å²) in [7, 11) is 3.77. The summed E-state index contributed by atoms with van der Waals surface area (Å²) in [6, 6.07) is 2.00. The van der Waals surface area contributed by atoms with E-state index in [1.807, 2.05) is 37.2 Å². The Balaban J connectivity index is 2.74. The fourth-order valence-electron chi connectivity index (χ4n) is 0.683. The van der Waals surface area contributed by atoms with Gasteiger partial charge in [-0.3, -0.25) is 4.68 Å². The standard InChI is InChI=1S/C6H11N3/c1-7-6-3-4-9(5-6)8-2/h3-5,7-8H,1-2H3. The van der Waals surface area contributed by atoms with Gasteiger partial charge in [-0.25, -0.2) is 0 Å². The van der Waals surface area contributed by atoms with Gasteiger partial charge in [-0.15, -0.1) is 0 Å². The van der Waals surface area contributed by atoms with Crippen LogP contribution in [0.3, 0.4) is 0 Å². The molecule has 0 spiro atoms. The molecule has 1 aromatic rings. The van der Waals surface area contributed by atoms with Gasteiger partial charge in [-0.1, -0.05) is 0 Å². The Hall–Kier alpha value is -1.12. The van der Waals surface area contributed by atoms with Crippen LogP contribution in [0.2, 0.25) is 0 Å². The van der Waals surface area contributed by atoms with E-state index < -0.39 is 0 Å². The van der Waals surface area contributed by atoms with Crippen molar-refractivity contribution in [2.24, 2.45) is 0 Å². The topological polar surface area (TPSA) is 29.0 Å². The predicted molar refractivity (Wildman–Crippen MR) is 39.3 cm³/mol. The molecule has 0 bridgehead atoms. The molecule has 0 saturated heterocycles. The number of aromatic nitrogens is 1. The first-order valence-corrected chi connectivity index (χ1v) is 2.90. The lowest BCUT2D eigenvalue weighted by Crippen LogP contribution is -2.04. The molecule has 0 saturated carbocycles. The van der Waals surface area contributed by atoms with E-state index in [0.29, 0.717) is 0 Å². The van der Waals surface area contributed by atoms with Gasteiger partial charge >= 0.3 is 0 Å². The van der Waals surface area contributed by atoms with Crippen molar-refractivity contribution in [1.29, 1.82) is 0 Å². The lowest BCUT2D eigenvalue weighted by Gasteiger charge is -1.97. The SMILES string of the molecule is CNc1ccn(NC)c1. The highest BCUT2D eigenvalue weighted by Crippen LogP contribution is 2.03. The Morgan fingerprint density at radius 3 is 2.56 bits per heavy atom. The zero-order chi connectivity index (χ0) is 6.69. The minimum atomic E-state index is 1.12. The van der Waals surface area contributed by atoms with Gasteiger partial charge in [0, 0.05) is 26.5 Å². The van der Waals surface area contributed by atoms with E-state index in [4.69, 9.17) is 0 Å². The van der Waals surface area contributed by atoms with E-state index in [1.54, 1.807) is 0 Å². The summed E-state index contributed by atoms with van der Waals surface area (Å²) in [5.41, 5.74) is 4.07. The van der Waals surface area contributed by atoms with E-state index in [9.17, 15) is 0 Å². The molecule has 1 rings (SSSR count). The van der Waals surface area contributed by atoms with Crippen molar-refractivity contribution in [3.8, 4) is 0 Å². The van der Waals surface area contributed by atoms with Crippen molar-refractivity contribution in [1.82, 2.24) is 4.68 Å². The van der Waals surface area contributed by atoms with Crippen LogP contribution < -0.4 is 10.7 Å². The van der Waals surface area contributed by atoms with Crippen LogP contribution >= 0.6 is 0 Å². The van der Waals surface area contributed by atoms with Crippen LogP contribution in [-0.4, -0.2) is 18.8 Å². The number of nitrogens with one attached hydrogen (secondary N) is 2. The number of hydrogen-bond donors (Lipinski definition) is 2. The second kappa shape index (κ2) is 2.44. The Bertz CT molecular complexity index is 162. The van der Waals surface area contributed by atoms with E-state index in [1.165, 1.54) is 0 Å². The van der Waals surface area contributed by atoms with Crippen LogP contribution in [-0.2, 0) is 0 Å². The summed E-state index contributed by atoms with van der Waals surface area (Å²) >= 11 is 0. The molecule has 0 aliphatic rings. The minimum absolute atomic E-state index is 1.12. The largest absolute Gasteiger partial charge is 0.387 e. The molecule has 9 heavy (non-hydrogen) atoms. The molecule has 0 aliphatic carbocycles. The number of nitrogens with zero attached hydrogens (tertiary/aromatic N) is 1. The summed E-state index contributed by atoms with van der Waals surface area (Å²) in [6.07, 6.45) is 3.92. The highest BCUT2D eigenvalue weighted by Gasteiger charge is 1.87. The maximum atomic E-state index is 3.02. The zero-order valence-corrected chi connectivity index (χ0v) is 5.68. The van der Waals surface area contributed by atoms with Gasteiger partial charge in [0.2, 0.25) is 0 Å². The second-order valence-corrected chi connectivity index (χ2v) is 1.78. The van der Waals surface area contributed by atoms with Crippen molar-refractivity contribution >= 4 is 5.69 Å². The molecule has 0 aromatic carbocycles. The average Bonchev–Trinajstić information content (AvgIpc) is 2.34. The molecule has 3 heteroatoms. The minimum Gasteiger partial charge on any atom is -0.387 e. The Labute approximate surface area is 54.7 Å². The van der Waals surface area contributed by atoms with Crippen LogP contribution in [0, 0.1) is 0 Å². The molecule has 0 fully saturated rings. The number of anilines is 1. The predicted octanol–water partition coefficient (Wildman–Crippen LogP) is 0.703. The number of hydrogen-bond acceptors (Lipinski definition) is 2. The van der Waals surface area contributed by atoms with Gasteiger partial charge in [0.1, 0.15) is 0 Å². The summed E-state index contributed by atoms with van der Waals surface area (Å²) in [5.74, 6) is 0. The first-order chi connectivity index (χ1) is 4.36. The Morgan fingerprint density at radius 2 is 2.22 bits per heavy atom. The number of rotatable bonds is 2. The maximum absolute atomic E-state index is 3.02. The molecule has 0 amide bonds. The van der Waals surface area contributed by atoms with Crippen LogP contribution in [0.4, 0.5) is 5.69 Å². The van der Waals surface area contributed by atoms with Crippen LogP contribution in [0.15, 0.2) is 18.5 Å². The molecule has 0 aliphatic heterocycles. The smallest absolute Gasteiger partial charge is 0.0538 e. The molecule has 3 nitrogen and oxygen atoms in total. The van der Waals surface area contributed by atoms with E-state index in [0.717, 1.165) is 5.69 Å². The first-order valence-electron chi connectivity index (χ1n) is 2.90. The van der Waals surface area contributed by atoms with Gasteiger partial charge < -0.3 is 10.7 Å². The third-order valence-corrected chi connectivity index (χ3v) is 1.24. The van der Waals surface area contributed by atoms with Gasteiger partial charge in [-0.2, -0.15) is 0 Å². The fraction of sp³-hybridized carbons (Fsp3) is 0.333. The molecule has 0 unspecified atom stereocenters. The lowest BCUT2D eigenvalue weighted by atomic mass is 10.5. The Morgan fingerprint density at radius 1 is 1.44 bits per heavy atom. The molecule has 50 valence electrons. The monoisotopic (exact) mass is 125 g/mol.